The average Bonchev–Trinajstić information content (AvgIpc) is 2.07. The zero-order valence-corrected chi connectivity index (χ0v) is 9.38. The van der Waals surface area contributed by atoms with Gasteiger partial charge in [0.2, 0.25) is 10.0 Å². The van der Waals surface area contributed by atoms with Crippen molar-refractivity contribution in [3.05, 3.63) is 0 Å². The smallest absolute Gasteiger partial charge is 0.404 e. The van der Waals surface area contributed by atoms with Crippen molar-refractivity contribution >= 4 is 16.1 Å². The summed E-state index contributed by atoms with van der Waals surface area (Å²) < 4.78 is 23.7. The normalized spacial score (nSPS) is 13.5. The number of hydrogen-bond donors (Lipinski definition) is 4. The molecule has 0 saturated heterocycles. The van der Waals surface area contributed by atoms with E-state index in [4.69, 9.17) is 10.8 Å². The molecule has 0 aliphatic heterocycles. The van der Waals surface area contributed by atoms with Gasteiger partial charge >= 0.3 is 6.09 Å². The maximum absolute atomic E-state index is 10.7. The summed E-state index contributed by atoms with van der Waals surface area (Å²) in [6, 6.07) is -0.296. The van der Waals surface area contributed by atoms with Crippen LogP contribution in [0.1, 0.15) is 12.8 Å². The number of amides is 1. The lowest BCUT2D eigenvalue weighted by Gasteiger charge is -2.11. The molecule has 0 saturated carbocycles. The van der Waals surface area contributed by atoms with Crippen LogP contribution in [0.15, 0.2) is 0 Å². The van der Waals surface area contributed by atoms with Gasteiger partial charge in [0.25, 0.3) is 0 Å². The lowest BCUT2D eigenvalue weighted by molar-refractivity contribution is 0.194. The molecule has 1 amide bonds. The van der Waals surface area contributed by atoms with Crippen molar-refractivity contribution in [2.75, 3.05) is 19.3 Å². The van der Waals surface area contributed by atoms with Crippen LogP contribution in [0.5, 0.6) is 0 Å². The molecule has 0 aromatic rings. The van der Waals surface area contributed by atoms with Crippen molar-refractivity contribution in [2.24, 2.45) is 5.73 Å². The second-order valence-electron chi connectivity index (χ2n) is 3.25. The van der Waals surface area contributed by atoms with E-state index in [-0.39, 0.29) is 12.6 Å². The molecule has 8 heteroatoms. The number of hydrogen-bond acceptors (Lipinski definition) is 4. The zero-order valence-electron chi connectivity index (χ0n) is 8.56. The zero-order chi connectivity index (χ0) is 11.9. The minimum absolute atomic E-state index is 0.173. The Morgan fingerprint density at radius 2 is 2.13 bits per heavy atom. The Morgan fingerprint density at radius 1 is 1.53 bits per heavy atom. The first-order chi connectivity index (χ1) is 6.81. The second-order valence-corrected chi connectivity index (χ2v) is 5.09. The van der Waals surface area contributed by atoms with Crippen LogP contribution in [0.25, 0.3) is 0 Å². The molecule has 0 heterocycles. The summed E-state index contributed by atoms with van der Waals surface area (Å²) in [5, 5.41) is 10.5. The Bertz CT molecular complexity index is 291. The van der Waals surface area contributed by atoms with Gasteiger partial charge in [0.1, 0.15) is 0 Å². The topological polar surface area (TPSA) is 122 Å². The summed E-state index contributed by atoms with van der Waals surface area (Å²) in [7, 11) is -3.20. The fraction of sp³-hybridized carbons (Fsp3) is 0.857. The van der Waals surface area contributed by atoms with Gasteiger partial charge in [0.15, 0.2) is 0 Å². The van der Waals surface area contributed by atoms with Gasteiger partial charge in [0, 0.05) is 19.1 Å². The van der Waals surface area contributed by atoms with E-state index < -0.39 is 16.1 Å². The van der Waals surface area contributed by atoms with Gasteiger partial charge in [-0.2, -0.15) is 0 Å². The monoisotopic (exact) mass is 239 g/mol. The molecule has 0 spiro atoms. The number of nitrogens with two attached hydrogens (primary N) is 1. The predicted octanol–water partition coefficient (Wildman–Crippen LogP) is -1.09. The predicted molar refractivity (Wildman–Crippen MR) is 56.1 cm³/mol. The van der Waals surface area contributed by atoms with Gasteiger partial charge in [-0.15, -0.1) is 0 Å². The van der Waals surface area contributed by atoms with Crippen LogP contribution >= 0.6 is 0 Å². The lowest BCUT2D eigenvalue weighted by atomic mass is 10.2. The second kappa shape index (κ2) is 6.59. The SMILES string of the molecule is CS(=O)(=O)NCC(N)CCCNC(=O)O. The first-order valence-corrected chi connectivity index (χ1v) is 6.37. The van der Waals surface area contributed by atoms with E-state index in [1.807, 2.05) is 0 Å². The molecule has 7 nitrogen and oxygen atoms in total. The van der Waals surface area contributed by atoms with Crippen LogP contribution in [-0.2, 0) is 10.0 Å². The highest BCUT2D eigenvalue weighted by Gasteiger charge is 2.06. The van der Waals surface area contributed by atoms with Crippen LogP contribution in [-0.4, -0.2) is 45.0 Å². The number of carbonyl (C=O) groups is 1. The van der Waals surface area contributed by atoms with E-state index in [2.05, 4.69) is 10.0 Å². The molecule has 1 unspecified atom stereocenters. The van der Waals surface area contributed by atoms with Crippen molar-refractivity contribution < 1.29 is 18.3 Å². The van der Waals surface area contributed by atoms with Gasteiger partial charge in [-0.25, -0.2) is 17.9 Å². The molecule has 15 heavy (non-hydrogen) atoms. The highest BCUT2D eigenvalue weighted by Crippen LogP contribution is 1.92. The molecule has 0 rings (SSSR count). The highest BCUT2D eigenvalue weighted by molar-refractivity contribution is 7.88. The molecule has 5 N–H and O–H groups in total. The Balaban J connectivity index is 3.50. The van der Waals surface area contributed by atoms with Crippen LogP contribution in [0.4, 0.5) is 4.79 Å². The van der Waals surface area contributed by atoms with E-state index in [1.165, 1.54) is 0 Å². The third kappa shape index (κ3) is 11.1. The Morgan fingerprint density at radius 3 is 2.60 bits per heavy atom. The number of rotatable bonds is 7. The van der Waals surface area contributed by atoms with Gasteiger partial charge in [-0.3, -0.25) is 0 Å². The maximum atomic E-state index is 10.7. The molecule has 1 atom stereocenters. The minimum Gasteiger partial charge on any atom is -0.465 e. The summed E-state index contributed by atoms with van der Waals surface area (Å²) >= 11 is 0. The van der Waals surface area contributed by atoms with E-state index >= 15 is 0 Å². The molecule has 90 valence electrons. The summed E-state index contributed by atoms with van der Waals surface area (Å²) in [5.41, 5.74) is 5.60. The molecule has 0 aromatic heterocycles. The summed E-state index contributed by atoms with van der Waals surface area (Å²) in [6.45, 7) is 0.494. The Kier molecular flexibility index (Phi) is 6.21. The minimum atomic E-state index is -3.20. The van der Waals surface area contributed by atoms with Crippen LogP contribution in [0.2, 0.25) is 0 Å². The summed E-state index contributed by atoms with van der Waals surface area (Å²) in [5.74, 6) is 0. The van der Waals surface area contributed by atoms with Crippen LogP contribution in [0.3, 0.4) is 0 Å². The van der Waals surface area contributed by atoms with E-state index in [9.17, 15) is 13.2 Å². The first kappa shape index (κ1) is 14.1. The van der Waals surface area contributed by atoms with Crippen LogP contribution in [0, 0.1) is 0 Å². The van der Waals surface area contributed by atoms with E-state index in [1.54, 1.807) is 0 Å². The summed E-state index contributed by atoms with van der Waals surface area (Å²) in [6.07, 6.45) is 1.13. The van der Waals surface area contributed by atoms with Crippen molar-refractivity contribution in [1.82, 2.24) is 10.0 Å². The van der Waals surface area contributed by atoms with Crippen molar-refractivity contribution in [1.29, 1.82) is 0 Å². The molecular formula is C7H17N3O4S. The van der Waals surface area contributed by atoms with Gasteiger partial charge in [-0.1, -0.05) is 0 Å². The molecule has 0 fully saturated rings. The number of nitrogens with one attached hydrogen (secondary N) is 2. The fourth-order valence-electron chi connectivity index (χ4n) is 0.920. The fourth-order valence-corrected chi connectivity index (χ4v) is 1.44. The molecular weight excluding hydrogens is 222 g/mol. The molecule has 0 bridgehead atoms. The largest absolute Gasteiger partial charge is 0.465 e. The van der Waals surface area contributed by atoms with Gasteiger partial charge in [0.05, 0.1) is 6.26 Å². The number of sulfonamides is 1. The highest BCUT2D eigenvalue weighted by atomic mass is 32.2. The number of carboxylic acid groups (broad SMARTS) is 1. The molecule has 0 aromatic carbocycles. The van der Waals surface area contributed by atoms with E-state index in [0.717, 1.165) is 6.26 Å². The molecule has 0 aliphatic carbocycles. The lowest BCUT2D eigenvalue weighted by Crippen LogP contribution is -2.37. The third-order valence-electron chi connectivity index (χ3n) is 1.64. The Labute approximate surface area is 89.1 Å². The van der Waals surface area contributed by atoms with Gasteiger partial charge < -0.3 is 16.2 Å². The standard InChI is InChI=1S/C7H17N3O4S/c1-15(13,14)10-5-6(8)3-2-4-9-7(11)12/h6,9-10H,2-5,8H2,1H3,(H,11,12). The van der Waals surface area contributed by atoms with Crippen molar-refractivity contribution in [3.63, 3.8) is 0 Å². The van der Waals surface area contributed by atoms with E-state index in [0.29, 0.717) is 19.4 Å². The maximum Gasteiger partial charge on any atom is 0.404 e. The molecule has 0 aliphatic rings. The quantitative estimate of drug-likeness (QED) is 0.421. The third-order valence-corrected chi connectivity index (χ3v) is 2.33. The Hall–Kier alpha value is -0.860. The molecule has 0 radical (unpaired) electrons. The summed E-state index contributed by atoms with van der Waals surface area (Å²) in [4.78, 5) is 10.1. The first-order valence-electron chi connectivity index (χ1n) is 4.48. The van der Waals surface area contributed by atoms with Gasteiger partial charge in [-0.05, 0) is 12.8 Å². The van der Waals surface area contributed by atoms with Crippen molar-refractivity contribution in [3.8, 4) is 0 Å². The van der Waals surface area contributed by atoms with Crippen molar-refractivity contribution in [2.45, 2.75) is 18.9 Å². The average molecular weight is 239 g/mol. The van der Waals surface area contributed by atoms with Crippen LogP contribution < -0.4 is 15.8 Å².